The van der Waals surface area contributed by atoms with Crippen LogP contribution >= 0.6 is 0 Å². The summed E-state index contributed by atoms with van der Waals surface area (Å²) in [5.74, 6) is 1.52. The summed E-state index contributed by atoms with van der Waals surface area (Å²) >= 11 is 0. The van der Waals surface area contributed by atoms with Gasteiger partial charge < -0.3 is 15.4 Å². The topological polar surface area (TPSA) is 50.8 Å². The highest BCUT2D eigenvalue weighted by Gasteiger charge is 2.18. The number of hydrogen-bond donors (Lipinski definition) is 1. The van der Waals surface area contributed by atoms with Gasteiger partial charge in [-0.15, -0.1) is 0 Å². The Morgan fingerprint density at radius 1 is 1.19 bits per heavy atom. The molecule has 0 heterocycles. The Morgan fingerprint density at radius 2 is 1.81 bits per heavy atom. The van der Waals surface area contributed by atoms with Crippen LogP contribution in [-0.2, 0) is 5.41 Å². The van der Waals surface area contributed by atoms with Gasteiger partial charge >= 0.3 is 0 Å². The maximum absolute atomic E-state index is 5.94. The van der Waals surface area contributed by atoms with E-state index in [1.54, 1.807) is 0 Å². The summed E-state index contributed by atoms with van der Waals surface area (Å²) in [4.78, 5) is 6.40. The number of nitrogens with zero attached hydrogens (tertiary/aromatic N) is 2. The molecule has 2 N–H and O–H groups in total. The molecule has 0 fully saturated rings. The normalized spacial score (nSPS) is 12.3. The van der Waals surface area contributed by atoms with E-state index >= 15 is 0 Å². The minimum atomic E-state index is 0.0696. The van der Waals surface area contributed by atoms with Crippen LogP contribution in [-0.4, -0.2) is 37.1 Å². The second-order valence-electron chi connectivity index (χ2n) is 6.01. The van der Waals surface area contributed by atoms with Crippen molar-refractivity contribution in [2.24, 2.45) is 10.7 Å². The third-order valence-electron chi connectivity index (χ3n) is 3.41. The number of para-hydroxylation sites is 1. The molecule has 0 bridgehead atoms. The van der Waals surface area contributed by atoms with Gasteiger partial charge in [-0.25, -0.2) is 4.99 Å². The van der Waals surface area contributed by atoms with E-state index in [2.05, 4.69) is 45.7 Å². The van der Waals surface area contributed by atoms with Gasteiger partial charge in [0.15, 0.2) is 5.96 Å². The standard InChI is InChI=1S/C17H29N3O/c1-6-20(7-2)16(18)19-12-13-21-15-11-9-8-10-14(15)17(3,4)5/h8-11H,6-7,12-13H2,1-5H3,(H2,18,19). The number of hydrogen-bond acceptors (Lipinski definition) is 2. The van der Waals surface area contributed by atoms with Crippen LogP contribution in [0.2, 0.25) is 0 Å². The highest BCUT2D eigenvalue weighted by atomic mass is 16.5. The lowest BCUT2D eigenvalue weighted by Crippen LogP contribution is -2.37. The number of nitrogens with two attached hydrogens (primary N) is 1. The first kappa shape index (κ1) is 17.3. The summed E-state index contributed by atoms with van der Waals surface area (Å²) in [6.45, 7) is 13.6. The fraction of sp³-hybridized carbons (Fsp3) is 0.588. The predicted molar refractivity (Wildman–Crippen MR) is 90.0 cm³/mol. The van der Waals surface area contributed by atoms with E-state index < -0.39 is 0 Å². The highest BCUT2D eigenvalue weighted by molar-refractivity contribution is 5.77. The van der Waals surface area contributed by atoms with E-state index in [-0.39, 0.29) is 5.41 Å². The van der Waals surface area contributed by atoms with Crippen molar-refractivity contribution < 1.29 is 4.74 Å². The van der Waals surface area contributed by atoms with Crippen molar-refractivity contribution in [2.75, 3.05) is 26.2 Å². The molecule has 1 aromatic carbocycles. The molecule has 4 nitrogen and oxygen atoms in total. The molecule has 21 heavy (non-hydrogen) atoms. The third kappa shape index (κ3) is 5.29. The van der Waals surface area contributed by atoms with Crippen LogP contribution in [0.3, 0.4) is 0 Å². The molecular weight excluding hydrogens is 262 g/mol. The van der Waals surface area contributed by atoms with Crippen molar-refractivity contribution in [3.05, 3.63) is 29.8 Å². The Kier molecular flexibility index (Phi) is 6.53. The molecule has 0 atom stereocenters. The van der Waals surface area contributed by atoms with E-state index in [0.29, 0.717) is 19.1 Å². The van der Waals surface area contributed by atoms with Gasteiger partial charge in [0, 0.05) is 13.1 Å². The lowest BCUT2D eigenvalue weighted by molar-refractivity contribution is 0.318. The van der Waals surface area contributed by atoms with E-state index in [0.717, 1.165) is 18.8 Å². The van der Waals surface area contributed by atoms with E-state index in [9.17, 15) is 0 Å². The molecule has 118 valence electrons. The predicted octanol–water partition coefficient (Wildman–Crippen LogP) is 3.02. The van der Waals surface area contributed by atoms with Crippen molar-refractivity contribution in [1.29, 1.82) is 0 Å². The molecule has 0 aliphatic heterocycles. The van der Waals surface area contributed by atoms with Crippen molar-refractivity contribution in [3.8, 4) is 5.75 Å². The van der Waals surface area contributed by atoms with Gasteiger partial charge in [-0.3, -0.25) is 0 Å². The molecule has 0 spiro atoms. The van der Waals surface area contributed by atoms with Gasteiger partial charge in [0.25, 0.3) is 0 Å². The van der Waals surface area contributed by atoms with Crippen LogP contribution in [0, 0.1) is 0 Å². The minimum Gasteiger partial charge on any atom is -0.491 e. The quantitative estimate of drug-likeness (QED) is 0.498. The maximum atomic E-state index is 5.94. The van der Waals surface area contributed by atoms with Crippen LogP contribution in [0.5, 0.6) is 5.75 Å². The van der Waals surface area contributed by atoms with Crippen LogP contribution < -0.4 is 10.5 Å². The summed E-state index contributed by atoms with van der Waals surface area (Å²) in [6.07, 6.45) is 0. The zero-order chi connectivity index (χ0) is 15.9. The average molecular weight is 291 g/mol. The van der Waals surface area contributed by atoms with Crippen LogP contribution in [0.4, 0.5) is 0 Å². The van der Waals surface area contributed by atoms with Gasteiger partial charge in [0.1, 0.15) is 12.4 Å². The summed E-state index contributed by atoms with van der Waals surface area (Å²) in [6, 6.07) is 8.17. The first-order chi connectivity index (χ1) is 9.90. The Hall–Kier alpha value is -1.71. The molecule has 0 aliphatic carbocycles. The lowest BCUT2D eigenvalue weighted by atomic mass is 9.86. The Balaban J connectivity index is 2.60. The largest absolute Gasteiger partial charge is 0.491 e. The zero-order valence-electron chi connectivity index (χ0n) is 14.0. The summed E-state index contributed by atoms with van der Waals surface area (Å²) in [7, 11) is 0. The SMILES string of the molecule is CCN(CC)C(N)=NCCOc1ccccc1C(C)(C)C. The molecule has 0 saturated heterocycles. The van der Waals surface area contributed by atoms with Crippen molar-refractivity contribution in [2.45, 2.75) is 40.0 Å². The van der Waals surface area contributed by atoms with Crippen molar-refractivity contribution >= 4 is 5.96 Å². The fourth-order valence-electron chi connectivity index (χ4n) is 2.18. The maximum Gasteiger partial charge on any atom is 0.191 e. The summed E-state index contributed by atoms with van der Waals surface area (Å²) in [5.41, 5.74) is 7.22. The molecular formula is C17H29N3O. The third-order valence-corrected chi connectivity index (χ3v) is 3.41. The van der Waals surface area contributed by atoms with Crippen LogP contribution in [0.25, 0.3) is 0 Å². The number of ether oxygens (including phenoxy) is 1. The highest BCUT2D eigenvalue weighted by Crippen LogP contribution is 2.30. The molecule has 0 unspecified atom stereocenters. The monoisotopic (exact) mass is 291 g/mol. The molecule has 1 rings (SSSR count). The Bertz CT molecular complexity index is 459. The van der Waals surface area contributed by atoms with Crippen LogP contribution in [0.1, 0.15) is 40.2 Å². The minimum absolute atomic E-state index is 0.0696. The van der Waals surface area contributed by atoms with Crippen molar-refractivity contribution in [3.63, 3.8) is 0 Å². The molecule has 1 aromatic rings. The molecule has 0 radical (unpaired) electrons. The molecule has 0 aliphatic rings. The summed E-state index contributed by atoms with van der Waals surface area (Å²) in [5, 5.41) is 0. The van der Waals surface area contributed by atoms with Gasteiger partial charge in [-0.1, -0.05) is 39.0 Å². The molecule has 0 saturated carbocycles. The number of benzene rings is 1. The zero-order valence-corrected chi connectivity index (χ0v) is 14.0. The molecule has 0 aromatic heterocycles. The first-order valence-corrected chi connectivity index (χ1v) is 7.67. The van der Waals surface area contributed by atoms with Gasteiger partial charge in [0.2, 0.25) is 0 Å². The molecule has 4 heteroatoms. The van der Waals surface area contributed by atoms with Crippen molar-refractivity contribution in [1.82, 2.24) is 4.90 Å². The van der Waals surface area contributed by atoms with Gasteiger partial charge in [-0.2, -0.15) is 0 Å². The first-order valence-electron chi connectivity index (χ1n) is 7.67. The smallest absolute Gasteiger partial charge is 0.191 e. The van der Waals surface area contributed by atoms with E-state index in [1.807, 2.05) is 23.1 Å². The summed E-state index contributed by atoms with van der Waals surface area (Å²) < 4.78 is 5.88. The number of guanidine groups is 1. The fourth-order valence-corrected chi connectivity index (χ4v) is 2.18. The average Bonchev–Trinajstić information content (AvgIpc) is 2.44. The van der Waals surface area contributed by atoms with E-state index in [1.165, 1.54) is 5.56 Å². The van der Waals surface area contributed by atoms with Gasteiger partial charge in [0.05, 0.1) is 6.54 Å². The molecule has 0 amide bonds. The van der Waals surface area contributed by atoms with E-state index in [4.69, 9.17) is 10.5 Å². The van der Waals surface area contributed by atoms with Gasteiger partial charge in [-0.05, 0) is 30.9 Å². The Morgan fingerprint density at radius 3 is 2.38 bits per heavy atom. The second-order valence-corrected chi connectivity index (χ2v) is 6.01. The second kappa shape index (κ2) is 7.91. The van der Waals surface area contributed by atoms with Crippen LogP contribution in [0.15, 0.2) is 29.3 Å². The number of aliphatic imine (C=N–C) groups is 1. The lowest BCUT2D eigenvalue weighted by Gasteiger charge is -2.22. The Labute approximate surface area is 129 Å². The number of rotatable bonds is 6.